The molecule has 0 saturated carbocycles. The molecule has 0 amide bonds. The Morgan fingerprint density at radius 2 is 1.50 bits per heavy atom. The van der Waals surface area contributed by atoms with Crippen molar-refractivity contribution in [1.82, 2.24) is 0 Å². The van der Waals surface area contributed by atoms with E-state index in [-0.39, 0.29) is 0 Å². The first kappa shape index (κ1) is 15.4. The van der Waals surface area contributed by atoms with Crippen LogP contribution in [0.3, 0.4) is 0 Å². The molecule has 0 spiro atoms. The fourth-order valence-electron chi connectivity index (χ4n) is 1.90. The van der Waals surface area contributed by atoms with Gasteiger partial charge in [-0.05, 0) is 29.8 Å². The third-order valence-corrected chi connectivity index (χ3v) is 4.20. The predicted octanol–water partition coefficient (Wildman–Crippen LogP) is 4.31. The standard InChI is InChI=1S/C15H14Br2O3/c1-19-13-7-11(12(17)8-14(13)20-2)15(18)9-3-5-10(16)6-4-9/h3-8,15,18H,1-2H3. The van der Waals surface area contributed by atoms with Crippen LogP contribution in [0.25, 0.3) is 0 Å². The van der Waals surface area contributed by atoms with Gasteiger partial charge in [0, 0.05) is 14.5 Å². The molecule has 1 atom stereocenters. The van der Waals surface area contributed by atoms with E-state index in [1.807, 2.05) is 24.3 Å². The maximum absolute atomic E-state index is 10.5. The number of aliphatic hydroxyl groups excluding tert-OH is 1. The van der Waals surface area contributed by atoms with Crippen molar-refractivity contribution in [2.45, 2.75) is 6.10 Å². The number of hydrogen-bond acceptors (Lipinski definition) is 3. The van der Waals surface area contributed by atoms with Gasteiger partial charge in [0.2, 0.25) is 0 Å². The fourth-order valence-corrected chi connectivity index (χ4v) is 2.71. The molecule has 0 radical (unpaired) electrons. The van der Waals surface area contributed by atoms with E-state index >= 15 is 0 Å². The summed E-state index contributed by atoms with van der Waals surface area (Å²) in [5, 5.41) is 10.5. The minimum atomic E-state index is -0.739. The van der Waals surface area contributed by atoms with Crippen LogP contribution >= 0.6 is 31.9 Å². The van der Waals surface area contributed by atoms with E-state index in [0.717, 1.165) is 20.1 Å². The molecular formula is C15H14Br2O3. The molecule has 1 unspecified atom stereocenters. The lowest BCUT2D eigenvalue weighted by molar-refractivity contribution is 0.218. The topological polar surface area (TPSA) is 38.7 Å². The molecular weight excluding hydrogens is 388 g/mol. The van der Waals surface area contributed by atoms with Crippen LogP contribution in [0.15, 0.2) is 45.3 Å². The van der Waals surface area contributed by atoms with Gasteiger partial charge >= 0.3 is 0 Å². The van der Waals surface area contributed by atoms with E-state index in [4.69, 9.17) is 9.47 Å². The summed E-state index contributed by atoms with van der Waals surface area (Å²) in [5.41, 5.74) is 1.53. The van der Waals surface area contributed by atoms with Crippen molar-refractivity contribution in [2.75, 3.05) is 14.2 Å². The summed E-state index contributed by atoms with van der Waals surface area (Å²) in [4.78, 5) is 0. The lowest BCUT2D eigenvalue weighted by Gasteiger charge is -2.16. The minimum absolute atomic E-state index is 0.585. The van der Waals surface area contributed by atoms with Crippen molar-refractivity contribution in [3.8, 4) is 11.5 Å². The maximum Gasteiger partial charge on any atom is 0.161 e. The normalized spacial score (nSPS) is 12.1. The molecule has 3 nitrogen and oxygen atoms in total. The molecule has 0 bridgehead atoms. The van der Waals surface area contributed by atoms with Crippen LogP contribution in [0.4, 0.5) is 0 Å². The molecule has 2 aromatic rings. The molecule has 2 rings (SSSR count). The van der Waals surface area contributed by atoms with Crippen LogP contribution in [0, 0.1) is 0 Å². The van der Waals surface area contributed by atoms with E-state index in [9.17, 15) is 5.11 Å². The number of methoxy groups -OCH3 is 2. The summed E-state index contributed by atoms with van der Waals surface area (Å²) in [6.45, 7) is 0. The van der Waals surface area contributed by atoms with Gasteiger partial charge in [-0.3, -0.25) is 0 Å². The number of rotatable bonds is 4. The first-order chi connectivity index (χ1) is 9.56. The van der Waals surface area contributed by atoms with Crippen LogP contribution in [-0.2, 0) is 0 Å². The molecule has 2 aromatic carbocycles. The van der Waals surface area contributed by atoms with E-state index < -0.39 is 6.10 Å². The number of halogens is 2. The quantitative estimate of drug-likeness (QED) is 0.829. The SMILES string of the molecule is COc1cc(Br)c(C(O)c2ccc(Br)cc2)cc1OC. The average Bonchev–Trinajstić information content (AvgIpc) is 2.47. The van der Waals surface area contributed by atoms with Crippen LogP contribution in [0.1, 0.15) is 17.2 Å². The minimum Gasteiger partial charge on any atom is -0.493 e. The fraction of sp³-hybridized carbons (Fsp3) is 0.200. The Labute approximate surface area is 134 Å². The third-order valence-electron chi connectivity index (χ3n) is 2.98. The summed E-state index contributed by atoms with van der Waals surface area (Å²) < 4.78 is 12.2. The molecule has 20 heavy (non-hydrogen) atoms. The highest BCUT2D eigenvalue weighted by atomic mass is 79.9. The van der Waals surface area contributed by atoms with Gasteiger partial charge in [-0.15, -0.1) is 0 Å². The Balaban J connectivity index is 2.43. The van der Waals surface area contributed by atoms with E-state index in [2.05, 4.69) is 31.9 Å². The van der Waals surface area contributed by atoms with Crippen molar-refractivity contribution >= 4 is 31.9 Å². The largest absolute Gasteiger partial charge is 0.493 e. The van der Waals surface area contributed by atoms with Crippen molar-refractivity contribution in [1.29, 1.82) is 0 Å². The Morgan fingerprint density at radius 3 is 2.05 bits per heavy atom. The summed E-state index contributed by atoms with van der Waals surface area (Å²) >= 11 is 6.84. The highest BCUT2D eigenvalue weighted by Gasteiger charge is 2.17. The number of aliphatic hydroxyl groups is 1. The van der Waals surface area contributed by atoms with Crippen molar-refractivity contribution in [3.63, 3.8) is 0 Å². The second kappa shape index (κ2) is 6.61. The van der Waals surface area contributed by atoms with Crippen molar-refractivity contribution in [3.05, 3.63) is 56.5 Å². The van der Waals surface area contributed by atoms with Gasteiger partial charge in [-0.1, -0.05) is 44.0 Å². The Bertz CT molecular complexity index is 597. The summed E-state index contributed by atoms with van der Waals surface area (Å²) in [7, 11) is 3.15. The van der Waals surface area contributed by atoms with Gasteiger partial charge in [-0.2, -0.15) is 0 Å². The van der Waals surface area contributed by atoms with Crippen LogP contribution in [0.5, 0.6) is 11.5 Å². The van der Waals surface area contributed by atoms with Crippen LogP contribution in [0.2, 0.25) is 0 Å². The van der Waals surface area contributed by atoms with E-state index in [1.54, 1.807) is 26.4 Å². The van der Waals surface area contributed by atoms with Gasteiger partial charge in [0.15, 0.2) is 11.5 Å². The molecule has 1 N–H and O–H groups in total. The average molecular weight is 402 g/mol. The molecule has 0 aliphatic rings. The first-order valence-corrected chi connectivity index (χ1v) is 7.50. The molecule has 0 aliphatic carbocycles. The third kappa shape index (κ3) is 3.16. The highest BCUT2D eigenvalue weighted by Crippen LogP contribution is 2.38. The zero-order chi connectivity index (χ0) is 14.7. The summed E-state index contributed by atoms with van der Waals surface area (Å²) in [6, 6.07) is 11.1. The highest BCUT2D eigenvalue weighted by molar-refractivity contribution is 9.10. The van der Waals surface area contributed by atoms with Gasteiger partial charge in [0.1, 0.15) is 6.10 Å². The second-order valence-corrected chi connectivity index (χ2v) is 5.95. The van der Waals surface area contributed by atoms with Crippen LogP contribution in [-0.4, -0.2) is 19.3 Å². The van der Waals surface area contributed by atoms with Gasteiger partial charge < -0.3 is 14.6 Å². The van der Waals surface area contributed by atoms with Gasteiger partial charge in [-0.25, -0.2) is 0 Å². The Hall–Kier alpha value is -1.04. The smallest absolute Gasteiger partial charge is 0.161 e. The lowest BCUT2D eigenvalue weighted by atomic mass is 10.0. The molecule has 106 valence electrons. The molecule has 0 fully saturated rings. The Morgan fingerprint density at radius 1 is 0.950 bits per heavy atom. The predicted molar refractivity (Wildman–Crippen MR) is 85.4 cm³/mol. The molecule has 0 heterocycles. The van der Waals surface area contributed by atoms with E-state index in [0.29, 0.717) is 11.5 Å². The van der Waals surface area contributed by atoms with Crippen molar-refractivity contribution < 1.29 is 14.6 Å². The lowest BCUT2D eigenvalue weighted by Crippen LogP contribution is -2.02. The van der Waals surface area contributed by atoms with Crippen molar-refractivity contribution in [2.24, 2.45) is 0 Å². The molecule has 0 saturated heterocycles. The summed E-state index contributed by atoms with van der Waals surface area (Å²) in [6.07, 6.45) is -0.739. The van der Waals surface area contributed by atoms with Gasteiger partial charge in [0.05, 0.1) is 14.2 Å². The molecule has 5 heteroatoms. The number of benzene rings is 2. The van der Waals surface area contributed by atoms with E-state index in [1.165, 1.54) is 0 Å². The maximum atomic E-state index is 10.5. The zero-order valence-electron chi connectivity index (χ0n) is 11.1. The zero-order valence-corrected chi connectivity index (χ0v) is 14.2. The van der Waals surface area contributed by atoms with Crippen LogP contribution < -0.4 is 9.47 Å². The monoisotopic (exact) mass is 400 g/mol. The number of hydrogen-bond donors (Lipinski definition) is 1. The first-order valence-electron chi connectivity index (χ1n) is 5.91. The second-order valence-electron chi connectivity index (χ2n) is 4.18. The molecule has 0 aliphatic heterocycles. The van der Waals surface area contributed by atoms with Gasteiger partial charge in [0.25, 0.3) is 0 Å². The Kier molecular flexibility index (Phi) is 5.07. The summed E-state index contributed by atoms with van der Waals surface area (Å²) in [5.74, 6) is 1.20. The molecule has 0 aromatic heterocycles. The number of ether oxygens (including phenoxy) is 2.